The minimum atomic E-state index is -2.42. The summed E-state index contributed by atoms with van der Waals surface area (Å²) in [6, 6.07) is 0. The molecule has 10 atom stereocenters. The highest BCUT2D eigenvalue weighted by Gasteiger charge is 2.76. The number of rotatable bonds is 6. The molecule has 3 aliphatic rings. The van der Waals surface area contributed by atoms with Crippen molar-refractivity contribution in [3.8, 4) is 0 Å². The molecule has 37 heavy (non-hydrogen) atoms. The van der Waals surface area contributed by atoms with Gasteiger partial charge in [-0.05, 0) is 40.5 Å². The van der Waals surface area contributed by atoms with Gasteiger partial charge in [0.15, 0.2) is 11.2 Å². The Labute approximate surface area is 217 Å². The molecule has 10 heteroatoms. The number of fused-ring (bicyclic) bond motifs is 3. The fourth-order valence-electron chi connectivity index (χ4n) is 6.19. The number of ether oxygens (including phenoxy) is 4. The lowest BCUT2D eigenvalue weighted by atomic mass is 9.72. The summed E-state index contributed by atoms with van der Waals surface area (Å²) in [5, 5.41) is 23.4. The molecule has 3 fully saturated rings. The molecule has 3 rings (SSSR count). The number of carbonyl (C=O) groups excluding carboxylic acids is 4. The molecule has 0 bridgehead atoms. The third-order valence-electron chi connectivity index (χ3n) is 8.87. The van der Waals surface area contributed by atoms with Crippen LogP contribution in [-0.2, 0) is 38.1 Å². The Balaban J connectivity index is 2.15. The molecule has 0 amide bonds. The van der Waals surface area contributed by atoms with E-state index >= 15 is 0 Å². The molecule has 0 aromatic rings. The van der Waals surface area contributed by atoms with E-state index in [1.54, 1.807) is 47.6 Å². The Morgan fingerprint density at radius 1 is 1.19 bits per heavy atom. The minimum absolute atomic E-state index is 0.197. The van der Waals surface area contributed by atoms with Crippen LogP contribution >= 0.6 is 0 Å². The molecule has 1 aliphatic heterocycles. The Morgan fingerprint density at radius 2 is 1.81 bits per heavy atom. The second-order valence-corrected chi connectivity index (χ2v) is 11.3. The third kappa shape index (κ3) is 4.67. The lowest BCUT2D eigenvalue weighted by Crippen LogP contribution is -2.65. The van der Waals surface area contributed by atoms with Crippen molar-refractivity contribution >= 4 is 23.9 Å². The topological polar surface area (TPSA) is 146 Å². The molecular weight excluding hydrogens is 484 g/mol. The van der Waals surface area contributed by atoms with E-state index in [1.807, 2.05) is 0 Å². The largest absolute Gasteiger partial charge is 0.459 e. The van der Waals surface area contributed by atoms with Crippen molar-refractivity contribution in [3.63, 3.8) is 0 Å². The Bertz CT molecular complexity index is 986. The monoisotopic (exact) mass is 524 g/mol. The van der Waals surface area contributed by atoms with E-state index in [0.717, 1.165) is 6.92 Å². The smallest absolute Gasteiger partial charge is 0.341 e. The first-order valence-corrected chi connectivity index (χ1v) is 12.9. The molecular formula is C27H40O10. The van der Waals surface area contributed by atoms with Crippen molar-refractivity contribution in [1.82, 2.24) is 0 Å². The first-order chi connectivity index (χ1) is 17.0. The Hall–Kier alpha value is -2.46. The van der Waals surface area contributed by atoms with Crippen LogP contribution in [0.1, 0.15) is 74.7 Å². The van der Waals surface area contributed by atoms with E-state index in [2.05, 4.69) is 0 Å². The zero-order valence-corrected chi connectivity index (χ0v) is 22.9. The average molecular weight is 525 g/mol. The molecule has 208 valence electrons. The molecule has 10 nitrogen and oxygen atoms in total. The zero-order valence-electron chi connectivity index (χ0n) is 22.9. The highest BCUT2D eigenvalue weighted by atomic mass is 16.6. The van der Waals surface area contributed by atoms with Crippen LogP contribution in [0.25, 0.3) is 0 Å². The molecule has 0 aromatic heterocycles. The average Bonchev–Trinajstić information content (AvgIpc) is 3.20. The lowest BCUT2D eigenvalue weighted by Gasteiger charge is -2.42. The summed E-state index contributed by atoms with van der Waals surface area (Å²) in [6.45, 7) is 12.7. The molecule has 1 heterocycles. The van der Waals surface area contributed by atoms with E-state index in [0.29, 0.717) is 12.0 Å². The van der Waals surface area contributed by atoms with Crippen LogP contribution in [0.5, 0.6) is 0 Å². The van der Waals surface area contributed by atoms with Gasteiger partial charge < -0.3 is 29.2 Å². The number of hydrogen-bond acceptors (Lipinski definition) is 10. The SMILES string of the molecule is C/C=C(/C)C(=O)O[C@@H]1C[C@H]2[C@@H]([C@H]1C)[C@H]1OC(=O)[C@@](C)(O)[C@@]1(O)C(OC(=O)[C@@H](C)CC)C[C@]2(C)OC(C)=O. The van der Waals surface area contributed by atoms with Crippen LogP contribution in [0.2, 0.25) is 0 Å². The summed E-state index contributed by atoms with van der Waals surface area (Å²) in [5.74, 6) is -4.97. The van der Waals surface area contributed by atoms with Gasteiger partial charge in [0, 0.05) is 36.7 Å². The van der Waals surface area contributed by atoms with Gasteiger partial charge in [-0.2, -0.15) is 0 Å². The van der Waals surface area contributed by atoms with E-state index in [4.69, 9.17) is 18.9 Å². The van der Waals surface area contributed by atoms with Gasteiger partial charge in [-0.3, -0.25) is 9.59 Å². The first kappa shape index (κ1) is 29.1. The maximum absolute atomic E-state index is 12.9. The first-order valence-electron chi connectivity index (χ1n) is 12.9. The number of carbonyl (C=O) groups is 4. The number of aliphatic hydroxyl groups is 2. The molecule has 2 N–H and O–H groups in total. The summed E-state index contributed by atoms with van der Waals surface area (Å²) >= 11 is 0. The Morgan fingerprint density at radius 3 is 2.35 bits per heavy atom. The van der Waals surface area contributed by atoms with Crippen LogP contribution in [-0.4, -0.2) is 69.2 Å². The quantitative estimate of drug-likeness (QED) is 0.301. The fraction of sp³-hybridized carbons (Fsp3) is 0.778. The minimum Gasteiger partial charge on any atom is -0.459 e. The second kappa shape index (κ2) is 10.0. The highest BCUT2D eigenvalue weighted by Crippen LogP contribution is 2.59. The normalized spacial score (nSPS) is 42.1. The van der Waals surface area contributed by atoms with E-state index < -0.39 is 82.7 Å². The van der Waals surface area contributed by atoms with Crippen molar-refractivity contribution in [2.45, 2.75) is 110 Å². The van der Waals surface area contributed by atoms with Gasteiger partial charge in [0.2, 0.25) is 0 Å². The standard InChI is InChI=1S/C27H40O10/c1-9-13(3)22(29)34-18-11-17-20(15(18)5)21-27(33,26(8,32)24(31)36-21)19(35-23(30)14(4)10-2)12-25(17,7)37-16(6)28/h9,14-15,17-21,32-33H,10-12H2,1-8H3/b13-9-/t14-,15-,17-,18+,19?,20+,21+,25-,26+,27+/m0/s1. The molecule has 0 aromatic carbocycles. The van der Waals surface area contributed by atoms with E-state index in [-0.39, 0.29) is 12.8 Å². The lowest BCUT2D eigenvalue weighted by molar-refractivity contribution is -0.216. The summed E-state index contributed by atoms with van der Waals surface area (Å²) < 4.78 is 23.0. The molecule has 2 aliphatic carbocycles. The van der Waals surface area contributed by atoms with Gasteiger partial charge in [0.1, 0.15) is 23.9 Å². The number of allylic oxidation sites excluding steroid dienone is 1. The van der Waals surface area contributed by atoms with E-state index in [1.165, 1.54) is 6.92 Å². The summed E-state index contributed by atoms with van der Waals surface area (Å²) in [6.07, 6.45) is -1.22. The molecule has 1 unspecified atom stereocenters. The van der Waals surface area contributed by atoms with Crippen LogP contribution in [0.15, 0.2) is 11.6 Å². The number of esters is 4. The molecule has 0 radical (unpaired) electrons. The predicted octanol–water partition coefficient (Wildman–Crippen LogP) is 2.23. The summed E-state index contributed by atoms with van der Waals surface area (Å²) in [4.78, 5) is 50.6. The van der Waals surface area contributed by atoms with Gasteiger partial charge >= 0.3 is 23.9 Å². The van der Waals surface area contributed by atoms with Crippen molar-refractivity contribution in [3.05, 3.63) is 11.6 Å². The van der Waals surface area contributed by atoms with Crippen LogP contribution in [0.3, 0.4) is 0 Å². The van der Waals surface area contributed by atoms with Gasteiger partial charge in [-0.1, -0.05) is 26.8 Å². The van der Waals surface area contributed by atoms with Crippen LogP contribution < -0.4 is 0 Å². The predicted molar refractivity (Wildman–Crippen MR) is 130 cm³/mol. The van der Waals surface area contributed by atoms with Crippen LogP contribution in [0, 0.1) is 23.7 Å². The fourth-order valence-corrected chi connectivity index (χ4v) is 6.19. The molecule has 0 spiro atoms. The van der Waals surface area contributed by atoms with Crippen molar-refractivity contribution < 1.29 is 48.3 Å². The Kier molecular flexibility index (Phi) is 7.88. The van der Waals surface area contributed by atoms with Crippen molar-refractivity contribution in [1.29, 1.82) is 0 Å². The van der Waals surface area contributed by atoms with Crippen molar-refractivity contribution in [2.75, 3.05) is 0 Å². The maximum Gasteiger partial charge on any atom is 0.341 e. The van der Waals surface area contributed by atoms with Gasteiger partial charge in [0.25, 0.3) is 0 Å². The molecule has 1 saturated heterocycles. The summed E-state index contributed by atoms with van der Waals surface area (Å²) in [7, 11) is 0. The highest BCUT2D eigenvalue weighted by molar-refractivity contribution is 5.87. The third-order valence-corrected chi connectivity index (χ3v) is 8.87. The van der Waals surface area contributed by atoms with Crippen LogP contribution in [0.4, 0.5) is 0 Å². The maximum atomic E-state index is 12.9. The summed E-state index contributed by atoms with van der Waals surface area (Å²) in [5.41, 5.74) is -5.64. The second-order valence-electron chi connectivity index (χ2n) is 11.3. The van der Waals surface area contributed by atoms with Crippen molar-refractivity contribution in [2.24, 2.45) is 23.7 Å². The zero-order chi connectivity index (χ0) is 28.1. The number of hydrogen-bond donors (Lipinski definition) is 2. The van der Waals surface area contributed by atoms with Gasteiger partial charge in [0.05, 0.1) is 5.92 Å². The van der Waals surface area contributed by atoms with Gasteiger partial charge in [-0.15, -0.1) is 0 Å². The van der Waals surface area contributed by atoms with Gasteiger partial charge in [-0.25, -0.2) is 9.59 Å². The van der Waals surface area contributed by atoms with E-state index in [9.17, 15) is 29.4 Å². The molecule has 2 saturated carbocycles.